The number of carbonyl (C=O) groups is 2. The molecule has 1 aromatic heterocycles. The second kappa shape index (κ2) is 8.33. The molecule has 0 radical (unpaired) electrons. The minimum absolute atomic E-state index is 0.000336. The summed E-state index contributed by atoms with van der Waals surface area (Å²) in [5.74, 6) is -1.37. The molecule has 3 rings (SSSR count). The van der Waals surface area contributed by atoms with E-state index in [9.17, 15) is 19.1 Å². The van der Waals surface area contributed by atoms with Crippen LogP contribution < -0.4 is 10.6 Å². The summed E-state index contributed by atoms with van der Waals surface area (Å²) in [7, 11) is 0. The zero-order valence-electron chi connectivity index (χ0n) is 15.0. The molecule has 0 fully saturated rings. The molecule has 0 unspecified atom stereocenters. The standard InChI is InChI=1S/C19H15FN6O3/c20-14-5-11(6-21)1-2-12(14)17(10-27)24-18(28)9-26-8-13-15(25-19(26)29)3-4-23-16(13)7-22/h1-5,17,27H,8-10H2,(H,24,28)(H,25,29)/t17-/m1/s1. The summed E-state index contributed by atoms with van der Waals surface area (Å²) in [6, 6.07) is 7.40. The Bertz CT molecular complexity index is 1060. The Hall–Kier alpha value is -4.02. The number of pyridine rings is 1. The van der Waals surface area contributed by atoms with Crippen molar-refractivity contribution in [3.8, 4) is 12.1 Å². The first kappa shape index (κ1) is 19.7. The highest BCUT2D eigenvalue weighted by Crippen LogP contribution is 2.25. The van der Waals surface area contributed by atoms with Crippen LogP contribution in [-0.4, -0.2) is 40.1 Å². The summed E-state index contributed by atoms with van der Waals surface area (Å²) < 4.78 is 14.2. The normalized spacial score (nSPS) is 13.5. The maximum atomic E-state index is 14.2. The molecule has 0 spiro atoms. The zero-order valence-corrected chi connectivity index (χ0v) is 15.0. The van der Waals surface area contributed by atoms with Gasteiger partial charge in [0.1, 0.15) is 24.1 Å². The molecule has 29 heavy (non-hydrogen) atoms. The van der Waals surface area contributed by atoms with E-state index in [1.807, 2.05) is 6.07 Å². The fourth-order valence-corrected chi connectivity index (χ4v) is 2.96. The Morgan fingerprint density at radius 3 is 2.83 bits per heavy atom. The molecule has 3 amide bonds. The van der Waals surface area contributed by atoms with Gasteiger partial charge in [0.25, 0.3) is 0 Å². The number of anilines is 1. The van der Waals surface area contributed by atoms with Gasteiger partial charge in [0.2, 0.25) is 5.91 Å². The number of amides is 3. The van der Waals surface area contributed by atoms with E-state index < -0.39 is 30.4 Å². The minimum Gasteiger partial charge on any atom is -0.394 e. The number of halogens is 1. The Morgan fingerprint density at radius 1 is 1.38 bits per heavy atom. The van der Waals surface area contributed by atoms with Gasteiger partial charge in [-0.3, -0.25) is 4.79 Å². The molecule has 9 nitrogen and oxygen atoms in total. The molecular weight excluding hydrogens is 379 g/mol. The third-order valence-electron chi connectivity index (χ3n) is 4.40. The number of hydrogen-bond donors (Lipinski definition) is 3. The molecule has 10 heteroatoms. The SMILES string of the molecule is N#Cc1ccc([C@@H](CO)NC(=O)CN2Cc3c(ccnc3C#N)NC2=O)c(F)c1. The van der Waals surface area contributed by atoms with Crippen molar-refractivity contribution in [2.24, 2.45) is 0 Å². The predicted molar refractivity (Wildman–Crippen MR) is 97.5 cm³/mol. The van der Waals surface area contributed by atoms with Crippen molar-refractivity contribution in [3.63, 3.8) is 0 Å². The number of aliphatic hydroxyl groups is 1. The third-order valence-corrected chi connectivity index (χ3v) is 4.40. The Morgan fingerprint density at radius 2 is 2.17 bits per heavy atom. The topological polar surface area (TPSA) is 142 Å². The summed E-state index contributed by atoms with van der Waals surface area (Å²) in [6.07, 6.45) is 1.40. The smallest absolute Gasteiger partial charge is 0.322 e. The van der Waals surface area contributed by atoms with Crippen LogP contribution in [0.5, 0.6) is 0 Å². The highest BCUT2D eigenvalue weighted by atomic mass is 19.1. The number of carbonyl (C=O) groups excluding carboxylic acids is 2. The van der Waals surface area contributed by atoms with Crippen LogP contribution in [0.2, 0.25) is 0 Å². The summed E-state index contributed by atoms with van der Waals surface area (Å²) >= 11 is 0. The summed E-state index contributed by atoms with van der Waals surface area (Å²) in [5.41, 5.74) is 1.20. The first-order valence-corrected chi connectivity index (χ1v) is 8.50. The van der Waals surface area contributed by atoms with Crippen LogP contribution in [0, 0.1) is 28.5 Å². The van der Waals surface area contributed by atoms with Crippen molar-refractivity contribution < 1.29 is 19.1 Å². The van der Waals surface area contributed by atoms with Crippen LogP contribution in [0.25, 0.3) is 0 Å². The van der Waals surface area contributed by atoms with Crippen molar-refractivity contribution >= 4 is 17.6 Å². The molecule has 0 saturated heterocycles. The molecule has 1 aromatic carbocycles. The van der Waals surface area contributed by atoms with Gasteiger partial charge in [-0.15, -0.1) is 0 Å². The van der Waals surface area contributed by atoms with E-state index >= 15 is 0 Å². The van der Waals surface area contributed by atoms with Gasteiger partial charge in [-0.25, -0.2) is 14.2 Å². The van der Waals surface area contributed by atoms with Crippen LogP contribution in [0.4, 0.5) is 14.9 Å². The van der Waals surface area contributed by atoms with E-state index in [-0.39, 0.29) is 29.9 Å². The number of hydrogen-bond acceptors (Lipinski definition) is 6. The lowest BCUT2D eigenvalue weighted by atomic mass is 10.0. The number of rotatable bonds is 5. The number of aromatic nitrogens is 1. The highest BCUT2D eigenvalue weighted by molar-refractivity contribution is 5.95. The van der Waals surface area contributed by atoms with E-state index in [4.69, 9.17) is 10.5 Å². The maximum Gasteiger partial charge on any atom is 0.322 e. The van der Waals surface area contributed by atoms with Gasteiger partial charge in [0.05, 0.1) is 36.5 Å². The van der Waals surface area contributed by atoms with Gasteiger partial charge in [-0.1, -0.05) is 6.07 Å². The summed E-state index contributed by atoms with van der Waals surface area (Å²) in [6.45, 7) is -0.953. The Balaban J connectivity index is 1.72. The number of nitrogens with zero attached hydrogens (tertiary/aromatic N) is 4. The van der Waals surface area contributed by atoms with Crippen molar-refractivity contribution in [3.05, 3.63) is 58.7 Å². The van der Waals surface area contributed by atoms with E-state index in [0.717, 1.165) is 6.07 Å². The molecule has 1 atom stereocenters. The molecule has 0 bridgehead atoms. The van der Waals surface area contributed by atoms with Crippen LogP contribution in [-0.2, 0) is 11.3 Å². The average Bonchev–Trinajstić information content (AvgIpc) is 2.72. The molecule has 0 aliphatic carbocycles. The number of benzene rings is 1. The molecule has 1 aliphatic rings. The van der Waals surface area contributed by atoms with Crippen molar-refractivity contribution in [1.29, 1.82) is 10.5 Å². The quantitative estimate of drug-likeness (QED) is 0.695. The van der Waals surface area contributed by atoms with Gasteiger partial charge in [0.15, 0.2) is 0 Å². The lowest BCUT2D eigenvalue weighted by molar-refractivity contribution is -0.122. The van der Waals surface area contributed by atoms with Crippen LogP contribution in [0.3, 0.4) is 0 Å². The second-order valence-electron chi connectivity index (χ2n) is 6.23. The molecule has 3 N–H and O–H groups in total. The molecular formula is C19H15FN6O3. The van der Waals surface area contributed by atoms with Crippen molar-refractivity contribution in [2.45, 2.75) is 12.6 Å². The Kier molecular flexibility index (Phi) is 5.67. The van der Waals surface area contributed by atoms with E-state index in [0.29, 0.717) is 11.3 Å². The fourth-order valence-electron chi connectivity index (χ4n) is 2.96. The van der Waals surface area contributed by atoms with E-state index in [2.05, 4.69) is 15.6 Å². The largest absolute Gasteiger partial charge is 0.394 e. The lowest BCUT2D eigenvalue weighted by Gasteiger charge is -2.29. The zero-order chi connectivity index (χ0) is 21.0. The summed E-state index contributed by atoms with van der Waals surface area (Å²) in [5, 5.41) is 32.6. The van der Waals surface area contributed by atoms with Gasteiger partial charge in [-0.2, -0.15) is 10.5 Å². The van der Waals surface area contributed by atoms with E-state index in [1.165, 1.54) is 23.2 Å². The predicted octanol–water partition coefficient (Wildman–Crippen LogP) is 1.16. The Labute approximate surface area is 165 Å². The number of nitrogens with one attached hydrogen (secondary N) is 2. The molecule has 2 aromatic rings. The minimum atomic E-state index is -1.05. The fraction of sp³-hybridized carbons (Fsp3) is 0.211. The number of aliphatic hydroxyl groups excluding tert-OH is 1. The monoisotopic (exact) mass is 394 g/mol. The highest BCUT2D eigenvalue weighted by Gasteiger charge is 2.28. The second-order valence-corrected chi connectivity index (χ2v) is 6.23. The lowest BCUT2D eigenvalue weighted by Crippen LogP contribution is -2.46. The van der Waals surface area contributed by atoms with Crippen LogP contribution >= 0.6 is 0 Å². The van der Waals surface area contributed by atoms with Gasteiger partial charge < -0.3 is 20.6 Å². The first-order chi connectivity index (χ1) is 14.0. The first-order valence-electron chi connectivity index (χ1n) is 8.50. The molecule has 1 aliphatic heterocycles. The van der Waals surface area contributed by atoms with Crippen molar-refractivity contribution in [1.82, 2.24) is 15.2 Å². The van der Waals surface area contributed by atoms with Crippen LogP contribution in [0.15, 0.2) is 30.5 Å². The third kappa shape index (κ3) is 4.13. The summed E-state index contributed by atoms with van der Waals surface area (Å²) in [4.78, 5) is 29.7. The molecule has 0 saturated carbocycles. The van der Waals surface area contributed by atoms with Crippen molar-refractivity contribution in [2.75, 3.05) is 18.5 Å². The molecule has 2 heterocycles. The number of fused-ring (bicyclic) bond motifs is 1. The average molecular weight is 394 g/mol. The maximum absolute atomic E-state index is 14.2. The van der Waals surface area contributed by atoms with Gasteiger partial charge >= 0.3 is 6.03 Å². The van der Waals surface area contributed by atoms with Gasteiger partial charge in [-0.05, 0) is 18.2 Å². The number of nitriles is 2. The van der Waals surface area contributed by atoms with Gasteiger partial charge in [0, 0.05) is 17.3 Å². The number of urea groups is 1. The van der Waals surface area contributed by atoms with Crippen LogP contribution in [0.1, 0.15) is 28.4 Å². The molecule has 146 valence electrons. The van der Waals surface area contributed by atoms with E-state index in [1.54, 1.807) is 12.1 Å².